The highest BCUT2D eigenvalue weighted by Crippen LogP contribution is 2.18. The highest BCUT2D eigenvalue weighted by molar-refractivity contribution is 5.94. The van der Waals surface area contributed by atoms with E-state index in [1.807, 2.05) is 0 Å². The Labute approximate surface area is 109 Å². The van der Waals surface area contributed by atoms with E-state index >= 15 is 0 Å². The molecule has 1 aromatic carbocycles. The third-order valence-corrected chi connectivity index (χ3v) is 2.58. The van der Waals surface area contributed by atoms with Gasteiger partial charge in [-0.25, -0.2) is 9.59 Å². The number of hydrogen-bond donors (Lipinski definition) is 2. The fourth-order valence-electron chi connectivity index (χ4n) is 1.72. The van der Waals surface area contributed by atoms with Crippen molar-refractivity contribution in [3.63, 3.8) is 0 Å². The van der Waals surface area contributed by atoms with E-state index < -0.39 is 11.9 Å². The average molecular weight is 259 g/mol. The van der Waals surface area contributed by atoms with Gasteiger partial charge < -0.3 is 14.8 Å². The number of aromatic carboxylic acids is 1. The average Bonchev–Trinajstić information content (AvgIpc) is 2.80. The Morgan fingerprint density at radius 1 is 1.37 bits per heavy atom. The lowest BCUT2D eigenvalue weighted by atomic mass is 10.1. The van der Waals surface area contributed by atoms with Crippen LogP contribution in [0.3, 0.4) is 0 Å². The van der Waals surface area contributed by atoms with Crippen LogP contribution in [0.1, 0.15) is 23.0 Å². The van der Waals surface area contributed by atoms with E-state index in [0.717, 1.165) is 10.9 Å². The summed E-state index contributed by atoms with van der Waals surface area (Å²) in [6.45, 7) is 2.07. The molecule has 0 fully saturated rings. The van der Waals surface area contributed by atoms with Crippen LogP contribution in [0.15, 0.2) is 30.3 Å². The molecule has 0 spiro atoms. The molecule has 0 unspecified atom stereocenters. The predicted molar refractivity (Wildman–Crippen MR) is 70.9 cm³/mol. The lowest BCUT2D eigenvalue weighted by molar-refractivity contribution is -0.137. The van der Waals surface area contributed by atoms with Crippen LogP contribution in [0.2, 0.25) is 0 Å². The maximum absolute atomic E-state index is 11.2. The summed E-state index contributed by atoms with van der Waals surface area (Å²) in [7, 11) is 0. The van der Waals surface area contributed by atoms with Crippen LogP contribution in [-0.2, 0) is 9.53 Å². The van der Waals surface area contributed by atoms with E-state index in [0.29, 0.717) is 12.1 Å². The molecular weight excluding hydrogens is 246 g/mol. The number of esters is 1. The number of carbonyl (C=O) groups excluding carboxylic acids is 1. The normalized spacial score (nSPS) is 11.0. The quantitative estimate of drug-likeness (QED) is 0.653. The van der Waals surface area contributed by atoms with Crippen molar-refractivity contribution in [3.05, 3.63) is 41.6 Å². The van der Waals surface area contributed by atoms with Crippen LogP contribution in [-0.4, -0.2) is 28.6 Å². The van der Waals surface area contributed by atoms with Gasteiger partial charge in [-0.15, -0.1) is 0 Å². The van der Waals surface area contributed by atoms with Crippen molar-refractivity contribution in [3.8, 4) is 0 Å². The van der Waals surface area contributed by atoms with Crippen molar-refractivity contribution < 1.29 is 19.4 Å². The van der Waals surface area contributed by atoms with Crippen molar-refractivity contribution in [2.24, 2.45) is 0 Å². The number of ether oxygens (including phenoxy) is 1. The third kappa shape index (κ3) is 3.01. The van der Waals surface area contributed by atoms with Gasteiger partial charge >= 0.3 is 11.9 Å². The largest absolute Gasteiger partial charge is 0.477 e. The Balaban J connectivity index is 2.26. The van der Waals surface area contributed by atoms with Crippen LogP contribution >= 0.6 is 0 Å². The fourth-order valence-corrected chi connectivity index (χ4v) is 1.72. The van der Waals surface area contributed by atoms with E-state index in [-0.39, 0.29) is 5.69 Å². The number of nitrogens with one attached hydrogen (secondary N) is 1. The second-order valence-electron chi connectivity index (χ2n) is 3.92. The predicted octanol–water partition coefficient (Wildman–Crippen LogP) is 2.44. The number of aromatic nitrogens is 1. The van der Waals surface area contributed by atoms with Crippen molar-refractivity contribution in [2.75, 3.05) is 6.61 Å². The Bertz CT molecular complexity index is 655. The van der Waals surface area contributed by atoms with Gasteiger partial charge in [-0.1, -0.05) is 12.1 Å². The van der Waals surface area contributed by atoms with Crippen molar-refractivity contribution in [2.45, 2.75) is 6.92 Å². The van der Waals surface area contributed by atoms with Crippen LogP contribution in [0, 0.1) is 0 Å². The molecule has 5 heteroatoms. The summed E-state index contributed by atoms with van der Waals surface area (Å²) in [4.78, 5) is 24.8. The molecule has 19 heavy (non-hydrogen) atoms. The van der Waals surface area contributed by atoms with Gasteiger partial charge in [-0.3, -0.25) is 0 Å². The van der Waals surface area contributed by atoms with Gasteiger partial charge in [-0.2, -0.15) is 0 Å². The molecule has 0 aliphatic carbocycles. The van der Waals surface area contributed by atoms with Crippen LogP contribution in [0.5, 0.6) is 0 Å². The molecule has 0 saturated heterocycles. The Kier molecular flexibility index (Phi) is 3.66. The monoisotopic (exact) mass is 259 g/mol. The maximum atomic E-state index is 11.2. The molecule has 0 bridgehead atoms. The summed E-state index contributed by atoms with van der Waals surface area (Å²) in [6, 6.07) is 6.94. The van der Waals surface area contributed by atoms with Crippen LogP contribution in [0.4, 0.5) is 0 Å². The first kappa shape index (κ1) is 12.9. The van der Waals surface area contributed by atoms with Gasteiger partial charge in [0, 0.05) is 17.0 Å². The first-order chi connectivity index (χ1) is 9.10. The van der Waals surface area contributed by atoms with Gasteiger partial charge in [0.2, 0.25) is 0 Å². The minimum Gasteiger partial charge on any atom is -0.477 e. The zero-order chi connectivity index (χ0) is 13.8. The summed E-state index contributed by atoms with van der Waals surface area (Å²) in [5, 5.41) is 9.69. The second kappa shape index (κ2) is 5.39. The SMILES string of the molecule is CCOC(=O)C=Cc1ccc2cc(C(=O)O)[nH]c2c1. The second-order valence-corrected chi connectivity index (χ2v) is 3.92. The third-order valence-electron chi connectivity index (χ3n) is 2.58. The number of carboxylic acids is 1. The molecule has 5 nitrogen and oxygen atoms in total. The molecular formula is C14H13NO4. The molecule has 0 aliphatic heterocycles. The molecule has 2 aromatic rings. The molecule has 2 N–H and O–H groups in total. The molecule has 98 valence electrons. The molecule has 0 radical (unpaired) electrons. The minimum absolute atomic E-state index is 0.140. The number of rotatable bonds is 4. The molecule has 0 atom stereocenters. The summed E-state index contributed by atoms with van der Waals surface area (Å²) in [5.41, 5.74) is 1.64. The molecule has 0 saturated carbocycles. The summed E-state index contributed by atoms with van der Waals surface area (Å²) in [5.74, 6) is -1.40. The van der Waals surface area contributed by atoms with Crippen LogP contribution < -0.4 is 0 Å². The molecule has 2 rings (SSSR count). The summed E-state index contributed by atoms with van der Waals surface area (Å²) in [6.07, 6.45) is 2.96. The number of carbonyl (C=O) groups is 2. The van der Waals surface area contributed by atoms with Crippen molar-refractivity contribution in [1.29, 1.82) is 0 Å². The number of benzene rings is 1. The first-order valence-electron chi connectivity index (χ1n) is 5.81. The Hall–Kier alpha value is -2.56. The maximum Gasteiger partial charge on any atom is 0.352 e. The number of carboxylic acid groups (broad SMARTS) is 1. The fraction of sp³-hybridized carbons (Fsp3) is 0.143. The lowest BCUT2D eigenvalue weighted by Crippen LogP contribution is -1.98. The topological polar surface area (TPSA) is 79.4 Å². The molecule has 0 aliphatic rings. The van der Waals surface area contributed by atoms with Gasteiger partial charge in [0.1, 0.15) is 5.69 Å². The van der Waals surface area contributed by atoms with Gasteiger partial charge in [0.15, 0.2) is 0 Å². The summed E-state index contributed by atoms with van der Waals surface area (Å²) >= 11 is 0. The minimum atomic E-state index is -1.00. The van der Waals surface area contributed by atoms with Gasteiger partial charge in [0.25, 0.3) is 0 Å². The van der Waals surface area contributed by atoms with E-state index in [1.54, 1.807) is 37.3 Å². The molecule has 1 aromatic heterocycles. The lowest BCUT2D eigenvalue weighted by Gasteiger charge is -1.96. The number of aromatic amines is 1. The molecule has 0 amide bonds. The number of H-pyrrole nitrogens is 1. The van der Waals surface area contributed by atoms with Crippen molar-refractivity contribution >= 4 is 28.9 Å². The van der Waals surface area contributed by atoms with E-state index in [4.69, 9.17) is 9.84 Å². The standard InChI is InChI=1S/C14H13NO4/c1-2-19-13(16)6-4-9-3-5-10-8-12(14(17)18)15-11(10)7-9/h3-8,15H,2H2,1H3,(H,17,18). The van der Waals surface area contributed by atoms with Gasteiger partial charge in [0.05, 0.1) is 6.61 Å². The Morgan fingerprint density at radius 2 is 2.16 bits per heavy atom. The van der Waals surface area contributed by atoms with Crippen LogP contribution in [0.25, 0.3) is 17.0 Å². The zero-order valence-electron chi connectivity index (χ0n) is 10.3. The first-order valence-corrected chi connectivity index (χ1v) is 5.81. The smallest absolute Gasteiger partial charge is 0.352 e. The van der Waals surface area contributed by atoms with Crippen molar-refractivity contribution in [1.82, 2.24) is 4.98 Å². The highest BCUT2D eigenvalue weighted by atomic mass is 16.5. The molecule has 1 heterocycles. The number of fused-ring (bicyclic) bond motifs is 1. The van der Waals surface area contributed by atoms with Gasteiger partial charge in [-0.05, 0) is 30.7 Å². The summed E-state index contributed by atoms with van der Waals surface area (Å²) < 4.78 is 4.78. The number of hydrogen-bond acceptors (Lipinski definition) is 3. The zero-order valence-corrected chi connectivity index (χ0v) is 10.3. The van der Waals surface area contributed by atoms with E-state index in [1.165, 1.54) is 6.08 Å². The van der Waals surface area contributed by atoms with E-state index in [2.05, 4.69) is 4.98 Å². The Morgan fingerprint density at radius 3 is 2.84 bits per heavy atom. The van der Waals surface area contributed by atoms with E-state index in [9.17, 15) is 9.59 Å². The highest BCUT2D eigenvalue weighted by Gasteiger charge is 2.07.